The molecule has 0 saturated carbocycles. The Morgan fingerprint density at radius 1 is 1.20 bits per heavy atom. The highest BCUT2D eigenvalue weighted by atomic mass is 16.7. The van der Waals surface area contributed by atoms with E-state index in [1.54, 1.807) is 0 Å². The number of rotatable bonds is 2. The summed E-state index contributed by atoms with van der Waals surface area (Å²) in [6, 6.07) is 0.242. The van der Waals surface area contributed by atoms with E-state index in [-0.39, 0.29) is 22.8 Å². The molecule has 1 saturated heterocycles. The molecule has 1 fully saturated rings. The van der Waals surface area contributed by atoms with Gasteiger partial charge < -0.3 is 4.74 Å². The molecule has 3 heteroatoms. The van der Waals surface area contributed by atoms with Crippen molar-refractivity contribution in [3.05, 3.63) is 0 Å². The molecular weight excluding hydrogens is 190 g/mol. The zero-order chi connectivity index (χ0) is 11.9. The minimum absolute atomic E-state index is 0.0671. The Balaban J connectivity index is 2.56. The fourth-order valence-electron chi connectivity index (χ4n) is 1.99. The first kappa shape index (κ1) is 12.9. The number of hydrogen-bond donors (Lipinski definition) is 1. The fourth-order valence-corrected chi connectivity index (χ4v) is 1.99. The van der Waals surface area contributed by atoms with E-state index >= 15 is 0 Å². The molecular formula is C12H25NO2. The van der Waals surface area contributed by atoms with E-state index in [0.29, 0.717) is 0 Å². The lowest BCUT2D eigenvalue weighted by Crippen LogP contribution is -2.46. The highest BCUT2D eigenvalue weighted by molar-refractivity contribution is 4.97. The molecule has 1 rings (SSSR count). The van der Waals surface area contributed by atoms with Crippen LogP contribution in [0.1, 0.15) is 54.9 Å². The summed E-state index contributed by atoms with van der Waals surface area (Å²) < 4.78 is 5.97. The second-order valence-electron chi connectivity index (χ2n) is 6.55. The van der Waals surface area contributed by atoms with E-state index in [9.17, 15) is 0 Å². The van der Waals surface area contributed by atoms with Crippen LogP contribution in [0.2, 0.25) is 0 Å². The highest BCUT2D eigenvalue weighted by Crippen LogP contribution is 2.37. The Hall–Kier alpha value is -0.120. The molecule has 1 aliphatic rings. The van der Waals surface area contributed by atoms with E-state index in [1.807, 2.05) is 20.8 Å². The van der Waals surface area contributed by atoms with Gasteiger partial charge in [0.2, 0.25) is 0 Å². The summed E-state index contributed by atoms with van der Waals surface area (Å²) in [4.78, 5) is 5.61. The van der Waals surface area contributed by atoms with Crippen molar-refractivity contribution in [3.63, 3.8) is 0 Å². The molecule has 15 heavy (non-hydrogen) atoms. The van der Waals surface area contributed by atoms with Gasteiger partial charge in [0.15, 0.2) is 0 Å². The molecule has 0 radical (unpaired) electrons. The van der Waals surface area contributed by atoms with Gasteiger partial charge >= 0.3 is 0 Å². The molecule has 0 amide bonds. The van der Waals surface area contributed by atoms with E-state index in [0.717, 1.165) is 6.42 Å². The standard InChI is InChI=1S/C12H25NO2/c1-10(2,3)15-13-9-8-11(4,5)14-12(9,6)7/h9,13H,8H2,1-7H3. The monoisotopic (exact) mass is 215 g/mol. The number of ether oxygens (including phenoxy) is 1. The first-order valence-corrected chi connectivity index (χ1v) is 5.66. The van der Waals surface area contributed by atoms with Crippen LogP contribution in [0.3, 0.4) is 0 Å². The maximum absolute atomic E-state index is 5.97. The molecule has 0 aliphatic carbocycles. The van der Waals surface area contributed by atoms with E-state index in [2.05, 4.69) is 33.2 Å². The van der Waals surface area contributed by atoms with E-state index in [1.165, 1.54) is 0 Å². The SMILES string of the molecule is CC(C)(C)ONC1CC(C)(C)OC1(C)C. The van der Waals surface area contributed by atoms with Gasteiger partial charge in [-0.05, 0) is 54.9 Å². The highest BCUT2D eigenvalue weighted by Gasteiger charge is 2.46. The van der Waals surface area contributed by atoms with Crippen molar-refractivity contribution in [1.82, 2.24) is 5.48 Å². The Kier molecular flexibility index (Phi) is 3.21. The van der Waals surface area contributed by atoms with Crippen LogP contribution in [0.4, 0.5) is 0 Å². The summed E-state index contributed by atoms with van der Waals surface area (Å²) in [5.74, 6) is 0. The Morgan fingerprint density at radius 3 is 2.07 bits per heavy atom. The van der Waals surface area contributed by atoms with Crippen LogP contribution in [-0.4, -0.2) is 22.8 Å². The maximum atomic E-state index is 5.97. The topological polar surface area (TPSA) is 30.5 Å². The van der Waals surface area contributed by atoms with Gasteiger partial charge in [-0.25, -0.2) is 0 Å². The molecule has 1 unspecified atom stereocenters. The smallest absolute Gasteiger partial charge is 0.0813 e. The van der Waals surface area contributed by atoms with Crippen LogP contribution in [-0.2, 0) is 9.57 Å². The van der Waals surface area contributed by atoms with Gasteiger partial charge in [-0.15, -0.1) is 0 Å². The van der Waals surface area contributed by atoms with Gasteiger partial charge in [-0.2, -0.15) is 5.48 Å². The van der Waals surface area contributed by atoms with Crippen molar-refractivity contribution >= 4 is 0 Å². The first-order chi connectivity index (χ1) is 6.52. The summed E-state index contributed by atoms with van der Waals surface area (Å²) in [6.45, 7) is 14.5. The third-order valence-electron chi connectivity index (χ3n) is 2.58. The van der Waals surface area contributed by atoms with Crippen LogP contribution >= 0.6 is 0 Å². The minimum Gasteiger partial charge on any atom is -0.368 e. The van der Waals surface area contributed by atoms with Gasteiger partial charge in [0.05, 0.1) is 22.8 Å². The third kappa shape index (κ3) is 3.74. The van der Waals surface area contributed by atoms with Crippen molar-refractivity contribution in [2.75, 3.05) is 0 Å². The Bertz CT molecular complexity index is 228. The molecule has 90 valence electrons. The largest absolute Gasteiger partial charge is 0.368 e. The number of hydroxylamine groups is 1. The quantitative estimate of drug-likeness (QED) is 0.718. The third-order valence-corrected chi connectivity index (χ3v) is 2.58. The zero-order valence-electron chi connectivity index (χ0n) is 11.1. The van der Waals surface area contributed by atoms with Gasteiger partial charge in [-0.3, -0.25) is 4.84 Å². The minimum atomic E-state index is -0.172. The summed E-state index contributed by atoms with van der Waals surface area (Å²) >= 11 is 0. The van der Waals surface area contributed by atoms with Crippen molar-refractivity contribution < 1.29 is 9.57 Å². The molecule has 0 spiro atoms. The molecule has 3 nitrogen and oxygen atoms in total. The zero-order valence-corrected chi connectivity index (χ0v) is 11.1. The van der Waals surface area contributed by atoms with Crippen LogP contribution < -0.4 is 5.48 Å². The molecule has 1 heterocycles. The van der Waals surface area contributed by atoms with Crippen molar-refractivity contribution in [1.29, 1.82) is 0 Å². The molecule has 0 bridgehead atoms. The molecule has 0 aromatic heterocycles. The van der Waals surface area contributed by atoms with E-state index < -0.39 is 0 Å². The van der Waals surface area contributed by atoms with Gasteiger partial charge in [0.1, 0.15) is 0 Å². The lowest BCUT2D eigenvalue weighted by Gasteiger charge is -2.30. The summed E-state index contributed by atoms with van der Waals surface area (Å²) in [5, 5.41) is 0. The second kappa shape index (κ2) is 3.72. The Labute approximate surface area is 93.5 Å². The first-order valence-electron chi connectivity index (χ1n) is 5.66. The van der Waals surface area contributed by atoms with Gasteiger partial charge in [0, 0.05) is 0 Å². The summed E-state index contributed by atoms with van der Waals surface area (Å²) in [7, 11) is 0. The average Bonchev–Trinajstić information content (AvgIpc) is 2.13. The fraction of sp³-hybridized carbons (Fsp3) is 1.00. The van der Waals surface area contributed by atoms with Crippen molar-refractivity contribution in [3.8, 4) is 0 Å². The second-order valence-corrected chi connectivity index (χ2v) is 6.55. The molecule has 1 aliphatic heterocycles. The normalized spacial score (nSPS) is 29.4. The summed E-state index contributed by atoms with van der Waals surface area (Å²) in [6.07, 6.45) is 0.968. The van der Waals surface area contributed by atoms with Gasteiger partial charge in [0.25, 0.3) is 0 Å². The summed E-state index contributed by atoms with van der Waals surface area (Å²) in [5.41, 5.74) is 2.74. The van der Waals surface area contributed by atoms with E-state index in [4.69, 9.17) is 9.57 Å². The predicted octanol–water partition coefficient (Wildman–Crippen LogP) is 2.65. The van der Waals surface area contributed by atoms with Crippen molar-refractivity contribution in [2.45, 2.75) is 77.7 Å². The molecule has 0 aromatic rings. The predicted molar refractivity (Wildman–Crippen MR) is 61.6 cm³/mol. The molecule has 1 atom stereocenters. The van der Waals surface area contributed by atoms with Crippen LogP contribution in [0.15, 0.2) is 0 Å². The molecule has 0 aromatic carbocycles. The lowest BCUT2D eigenvalue weighted by atomic mass is 9.95. The van der Waals surface area contributed by atoms with Gasteiger partial charge in [-0.1, -0.05) is 0 Å². The number of nitrogens with one attached hydrogen (secondary N) is 1. The molecule has 1 N–H and O–H groups in total. The van der Waals surface area contributed by atoms with Crippen molar-refractivity contribution in [2.24, 2.45) is 0 Å². The van der Waals surface area contributed by atoms with Crippen LogP contribution in [0.5, 0.6) is 0 Å². The average molecular weight is 215 g/mol. The lowest BCUT2D eigenvalue weighted by molar-refractivity contribution is -0.120. The van der Waals surface area contributed by atoms with Crippen LogP contribution in [0, 0.1) is 0 Å². The van der Waals surface area contributed by atoms with Crippen LogP contribution in [0.25, 0.3) is 0 Å². The number of hydrogen-bond acceptors (Lipinski definition) is 3. The maximum Gasteiger partial charge on any atom is 0.0813 e. The Morgan fingerprint density at radius 2 is 1.73 bits per heavy atom.